The van der Waals surface area contributed by atoms with Crippen LogP contribution >= 0.6 is 15.9 Å². The Kier molecular flexibility index (Phi) is 4.82. The molecule has 1 aromatic heterocycles. The molecule has 0 atom stereocenters. The zero-order valence-corrected chi connectivity index (χ0v) is 12.7. The minimum Gasteiger partial charge on any atom is -0.338 e. The van der Waals surface area contributed by atoms with Crippen molar-refractivity contribution in [3.63, 3.8) is 0 Å². The van der Waals surface area contributed by atoms with E-state index >= 15 is 0 Å². The molecule has 0 spiro atoms. The Bertz CT molecular complexity index is 601. The van der Waals surface area contributed by atoms with Gasteiger partial charge in [-0.3, -0.25) is 0 Å². The molecular formula is C13H14BrF2N3O. The van der Waals surface area contributed by atoms with E-state index in [1.165, 1.54) is 6.07 Å². The van der Waals surface area contributed by atoms with E-state index in [1.807, 2.05) is 0 Å². The van der Waals surface area contributed by atoms with E-state index in [4.69, 9.17) is 4.52 Å². The first kappa shape index (κ1) is 15.1. The summed E-state index contributed by atoms with van der Waals surface area (Å²) in [5.41, 5.74) is 0.350. The van der Waals surface area contributed by atoms with Crippen LogP contribution < -0.4 is 5.32 Å². The van der Waals surface area contributed by atoms with Gasteiger partial charge in [0.05, 0.1) is 11.0 Å². The fourth-order valence-electron chi connectivity index (χ4n) is 1.60. The molecule has 0 saturated heterocycles. The van der Waals surface area contributed by atoms with Crippen LogP contribution in [0.15, 0.2) is 21.1 Å². The van der Waals surface area contributed by atoms with Gasteiger partial charge in [0.1, 0.15) is 0 Å². The summed E-state index contributed by atoms with van der Waals surface area (Å²) in [6.45, 7) is 5.44. The number of hydrogen-bond donors (Lipinski definition) is 1. The van der Waals surface area contributed by atoms with Crippen molar-refractivity contribution in [3.05, 3.63) is 34.1 Å². The topological polar surface area (TPSA) is 51.0 Å². The van der Waals surface area contributed by atoms with Crippen molar-refractivity contribution < 1.29 is 13.3 Å². The van der Waals surface area contributed by atoms with Crippen molar-refractivity contribution in [2.24, 2.45) is 5.92 Å². The molecule has 0 aliphatic heterocycles. The lowest BCUT2D eigenvalue weighted by Gasteiger charge is -2.03. The molecule has 0 aliphatic carbocycles. The van der Waals surface area contributed by atoms with Crippen LogP contribution in [0, 0.1) is 17.6 Å². The highest BCUT2D eigenvalue weighted by Crippen LogP contribution is 2.29. The molecule has 0 unspecified atom stereocenters. The van der Waals surface area contributed by atoms with E-state index in [2.05, 4.69) is 45.2 Å². The quantitative estimate of drug-likeness (QED) is 0.842. The summed E-state index contributed by atoms with van der Waals surface area (Å²) >= 11 is 3.00. The number of halogens is 3. The third-order valence-electron chi connectivity index (χ3n) is 2.57. The Labute approximate surface area is 123 Å². The van der Waals surface area contributed by atoms with Crippen LogP contribution in [0.2, 0.25) is 0 Å². The average molecular weight is 346 g/mol. The first-order chi connectivity index (χ1) is 9.49. The van der Waals surface area contributed by atoms with Crippen LogP contribution in [-0.4, -0.2) is 16.7 Å². The summed E-state index contributed by atoms with van der Waals surface area (Å²) in [7, 11) is 0. The van der Waals surface area contributed by atoms with Crippen LogP contribution in [-0.2, 0) is 6.54 Å². The van der Waals surface area contributed by atoms with Gasteiger partial charge >= 0.3 is 0 Å². The molecule has 4 nitrogen and oxygen atoms in total. The molecule has 1 aromatic carbocycles. The Morgan fingerprint density at radius 1 is 1.35 bits per heavy atom. The minimum atomic E-state index is -0.966. The van der Waals surface area contributed by atoms with E-state index in [9.17, 15) is 8.78 Å². The summed E-state index contributed by atoms with van der Waals surface area (Å²) in [5.74, 6) is -0.762. The van der Waals surface area contributed by atoms with E-state index in [0.717, 1.165) is 12.6 Å². The van der Waals surface area contributed by atoms with E-state index in [1.54, 1.807) is 0 Å². The molecule has 2 aromatic rings. The molecule has 108 valence electrons. The summed E-state index contributed by atoms with van der Waals surface area (Å²) in [5, 5.41) is 6.93. The number of nitrogens with zero attached hydrogens (tertiary/aromatic N) is 2. The first-order valence-corrected chi connectivity index (χ1v) is 6.95. The molecule has 1 N–H and O–H groups in total. The van der Waals surface area contributed by atoms with Crippen LogP contribution in [0.4, 0.5) is 8.78 Å². The summed E-state index contributed by atoms with van der Waals surface area (Å²) in [4.78, 5) is 4.15. The van der Waals surface area contributed by atoms with Crippen molar-refractivity contribution in [3.8, 4) is 11.4 Å². The predicted octanol–water partition coefficient (Wildman–Crippen LogP) is 3.52. The fraction of sp³-hybridized carbons (Fsp3) is 0.385. The Balaban J connectivity index is 2.15. The highest BCUT2D eigenvalue weighted by atomic mass is 79.9. The number of rotatable bonds is 5. The van der Waals surface area contributed by atoms with Gasteiger partial charge in [0, 0.05) is 5.56 Å². The third kappa shape index (κ3) is 3.40. The lowest BCUT2D eigenvalue weighted by Crippen LogP contribution is -2.19. The normalized spacial score (nSPS) is 11.3. The Morgan fingerprint density at radius 3 is 2.80 bits per heavy atom. The van der Waals surface area contributed by atoms with Crippen LogP contribution in [0.3, 0.4) is 0 Å². The second-order valence-corrected chi connectivity index (χ2v) is 5.55. The third-order valence-corrected chi connectivity index (χ3v) is 3.35. The molecule has 0 aliphatic rings. The standard InChI is InChI=1S/C13H14BrF2N3O/c1-7(2)5-17-6-10-18-13(19-20-10)8-3-4-9(15)12(16)11(8)14/h3-4,7,17H,5-6H2,1-2H3. The monoisotopic (exact) mass is 345 g/mol. The van der Waals surface area contributed by atoms with Crippen molar-refractivity contribution in [1.82, 2.24) is 15.5 Å². The second kappa shape index (κ2) is 6.41. The van der Waals surface area contributed by atoms with E-state index < -0.39 is 11.6 Å². The Morgan fingerprint density at radius 2 is 2.10 bits per heavy atom. The molecule has 0 bridgehead atoms. The molecule has 7 heteroatoms. The first-order valence-electron chi connectivity index (χ1n) is 6.16. The van der Waals surface area contributed by atoms with Crippen LogP contribution in [0.1, 0.15) is 19.7 Å². The maximum atomic E-state index is 13.5. The number of hydrogen-bond acceptors (Lipinski definition) is 4. The van der Waals surface area contributed by atoms with Gasteiger partial charge in [-0.15, -0.1) is 0 Å². The van der Waals surface area contributed by atoms with Gasteiger partial charge in [-0.05, 0) is 40.5 Å². The fourth-order valence-corrected chi connectivity index (χ4v) is 2.10. The molecule has 0 amide bonds. The van der Waals surface area contributed by atoms with Crippen molar-refractivity contribution >= 4 is 15.9 Å². The number of aromatic nitrogens is 2. The Hall–Kier alpha value is -1.34. The van der Waals surface area contributed by atoms with Gasteiger partial charge in [0.2, 0.25) is 11.7 Å². The van der Waals surface area contributed by atoms with E-state index in [0.29, 0.717) is 23.9 Å². The zero-order chi connectivity index (χ0) is 14.7. The number of benzene rings is 1. The predicted molar refractivity (Wildman–Crippen MR) is 73.9 cm³/mol. The van der Waals surface area contributed by atoms with Crippen molar-refractivity contribution in [1.29, 1.82) is 0 Å². The molecule has 2 rings (SSSR count). The highest BCUT2D eigenvalue weighted by Gasteiger charge is 2.16. The van der Waals surface area contributed by atoms with Gasteiger partial charge in [-0.1, -0.05) is 19.0 Å². The maximum absolute atomic E-state index is 13.5. The summed E-state index contributed by atoms with van der Waals surface area (Å²) in [6, 6.07) is 2.43. The molecule has 20 heavy (non-hydrogen) atoms. The molecular weight excluding hydrogens is 332 g/mol. The molecule has 0 saturated carbocycles. The zero-order valence-electron chi connectivity index (χ0n) is 11.1. The molecule has 1 heterocycles. The van der Waals surface area contributed by atoms with Crippen molar-refractivity contribution in [2.45, 2.75) is 20.4 Å². The summed E-state index contributed by atoms with van der Waals surface area (Å²) < 4.78 is 31.5. The number of nitrogens with one attached hydrogen (secondary N) is 1. The largest absolute Gasteiger partial charge is 0.338 e. The van der Waals surface area contributed by atoms with Gasteiger partial charge < -0.3 is 9.84 Å². The van der Waals surface area contributed by atoms with Gasteiger partial charge in [0.15, 0.2) is 11.6 Å². The van der Waals surface area contributed by atoms with Gasteiger partial charge in [-0.2, -0.15) is 4.98 Å². The summed E-state index contributed by atoms with van der Waals surface area (Å²) in [6.07, 6.45) is 0. The minimum absolute atomic E-state index is 0.0139. The average Bonchev–Trinajstić information content (AvgIpc) is 2.84. The molecule has 0 fully saturated rings. The lowest BCUT2D eigenvalue weighted by molar-refractivity contribution is 0.364. The second-order valence-electron chi connectivity index (χ2n) is 4.76. The SMILES string of the molecule is CC(C)CNCc1nc(-c2ccc(F)c(F)c2Br)no1. The lowest BCUT2D eigenvalue weighted by atomic mass is 10.2. The van der Waals surface area contributed by atoms with Gasteiger partial charge in [-0.25, -0.2) is 8.78 Å². The van der Waals surface area contributed by atoms with Crippen LogP contribution in [0.5, 0.6) is 0 Å². The van der Waals surface area contributed by atoms with Gasteiger partial charge in [0.25, 0.3) is 0 Å². The van der Waals surface area contributed by atoms with Crippen LogP contribution in [0.25, 0.3) is 11.4 Å². The van der Waals surface area contributed by atoms with E-state index in [-0.39, 0.29) is 10.3 Å². The maximum Gasteiger partial charge on any atom is 0.240 e. The smallest absolute Gasteiger partial charge is 0.240 e. The van der Waals surface area contributed by atoms with Crippen molar-refractivity contribution in [2.75, 3.05) is 6.54 Å². The highest BCUT2D eigenvalue weighted by molar-refractivity contribution is 9.10. The molecule has 0 radical (unpaired) electrons.